The zero-order valence-electron chi connectivity index (χ0n) is 9.54. The number of hydrogen-bond acceptors (Lipinski definition) is 2. The summed E-state index contributed by atoms with van der Waals surface area (Å²) >= 11 is 5.57. The number of alkyl halides is 3. The lowest BCUT2D eigenvalue weighted by molar-refractivity contribution is -0.138. The van der Waals surface area contributed by atoms with Gasteiger partial charge in [-0.2, -0.15) is 13.2 Å². The molecule has 0 fully saturated rings. The molecular weight excluding hydrogens is 279 g/mol. The van der Waals surface area contributed by atoms with Gasteiger partial charge in [0.25, 0.3) is 0 Å². The Kier molecular flexibility index (Phi) is 3.57. The molecule has 2 aromatic carbocycles. The third kappa shape index (κ3) is 3.32. The van der Waals surface area contributed by atoms with E-state index in [1.54, 1.807) is 12.1 Å². The van der Waals surface area contributed by atoms with Crippen molar-refractivity contribution in [3.8, 4) is 11.5 Å². The minimum absolute atomic E-state index is 0.00280. The van der Waals surface area contributed by atoms with Gasteiger partial charge in [0.2, 0.25) is 0 Å². The van der Waals surface area contributed by atoms with Gasteiger partial charge in [0.1, 0.15) is 11.5 Å². The predicted molar refractivity (Wildman–Crippen MR) is 67.4 cm³/mol. The van der Waals surface area contributed by atoms with Crippen molar-refractivity contribution in [2.75, 3.05) is 5.73 Å². The highest BCUT2D eigenvalue weighted by atomic mass is 35.5. The number of hydrogen-bond donors (Lipinski definition) is 1. The number of nitrogen functional groups attached to an aromatic ring is 1. The lowest BCUT2D eigenvalue weighted by Crippen LogP contribution is -2.07. The first-order valence-electron chi connectivity index (χ1n) is 5.26. The van der Waals surface area contributed by atoms with Crippen molar-refractivity contribution in [2.24, 2.45) is 0 Å². The van der Waals surface area contributed by atoms with Crippen molar-refractivity contribution in [1.29, 1.82) is 0 Å². The highest BCUT2D eigenvalue weighted by Crippen LogP contribution is 2.39. The van der Waals surface area contributed by atoms with Gasteiger partial charge in [-0.15, -0.1) is 0 Å². The minimum Gasteiger partial charge on any atom is -0.457 e. The van der Waals surface area contributed by atoms with E-state index in [1.165, 1.54) is 24.3 Å². The molecule has 0 amide bonds. The van der Waals surface area contributed by atoms with Gasteiger partial charge >= 0.3 is 6.18 Å². The summed E-state index contributed by atoms with van der Waals surface area (Å²) in [7, 11) is 0. The first kappa shape index (κ1) is 13.5. The summed E-state index contributed by atoms with van der Waals surface area (Å²) in [6, 6.07) is 9.41. The second-order valence-electron chi connectivity index (χ2n) is 3.81. The van der Waals surface area contributed by atoms with Gasteiger partial charge in [0.15, 0.2) is 0 Å². The quantitative estimate of drug-likeness (QED) is 0.810. The van der Waals surface area contributed by atoms with Gasteiger partial charge in [-0.3, -0.25) is 0 Å². The first-order valence-corrected chi connectivity index (χ1v) is 5.64. The highest BCUT2D eigenvalue weighted by molar-refractivity contribution is 6.30. The fourth-order valence-corrected chi connectivity index (χ4v) is 1.65. The highest BCUT2D eigenvalue weighted by Gasteiger charge is 2.34. The van der Waals surface area contributed by atoms with E-state index in [-0.39, 0.29) is 16.5 Å². The van der Waals surface area contributed by atoms with Crippen molar-refractivity contribution >= 4 is 17.3 Å². The molecule has 2 nitrogen and oxygen atoms in total. The van der Waals surface area contributed by atoms with E-state index in [9.17, 15) is 13.2 Å². The third-order valence-electron chi connectivity index (χ3n) is 2.35. The van der Waals surface area contributed by atoms with Crippen LogP contribution < -0.4 is 10.5 Å². The van der Waals surface area contributed by atoms with Crippen LogP contribution in [-0.2, 0) is 6.18 Å². The van der Waals surface area contributed by atoms with E-state index in [2.05, 4.69) is 0 Å². The molecule has 0 saturated carbocycles. The van der Waals surface area contributed by atoms with Crippen LogP contribution in [0, 0.1) is 0 Å². The molecule has 100 valence electrons. The summed E-state index contributed by atoms with van der Waals surface area (Å²) < 4.78 is 43.7. The lowest BCUT2D eigenvalue weighted by Gasteiger charge is -2.14. The maximum absolute atomic E-state index is 12.8. The van der Waals surface area contributed by atoms with Crippen LogP contribution in [0.25, 0.3) is 0 Å². The smallest absolute Gasteiger partial charge is 0.420 e. The van der Waals surface area contributed by atoms with Crippen LogP contribution in [0.5, 0.6) is 11.5 Å². The molecule has 19 heavy (non-hydrogen) atoms. The Labute approximate surface area is 112 Å². The Morgan fingerprint density at radius 1 is 1.00 bits per heavy atom. The molecular formula is C13H9ClF3NO. The Morgan fingerprint density at radius 2 is 1.63 bits per heavy atom. The van der Waals surface area contributed by atoms with Crippen LogP contribution in [0.15, 0.2) is 42.5 Å². The summed E-state index contributed by atoms with van der Waals surface area (Å²) in [5, 5.41) is -0.00280. The van der Waals surface area contributed by atoms with E-state index >= 15 is 0 Å². The monoisotopic (exact) mass is 287 g/mol. The summed E-state index contributed by atoms with van der Waals surface area (Å²) in [6.45, 7) is 0. The fourth-order valence-electron chi connectivity index (χ4n) is 1.48. The Morgan fingerprint density at radius 3 is 2.21 bits per heavy atom. The number of benzene rings is 2. The van der Waals surface area contributed by atoms with Crippen LogP contribution in [0.2, 0.25) is 5.02 Å². The maximum atomic E-state index is 12.8. The number of ether oxygens (including phenoxy) is 1. The zero-order chi connectivity index (χ0) is 14.0. The summed E-state index contributed by atoms with van der Waals surface area (Å²) in [5.74, 6) is -0.0382. The molecule has 0 aliphatic carbocycles. The second kappa shape index (κ2) is 5.01. The van der Waals surface area contributed by atoms with Gasteiger partial charge in [-0.25, -0.2) is 0 Å². The average Bonchev–Trinajstić information content (AvgIpc) is 2.33. The van der Waals surface area contributed by atoms with Crippen molar-refractivity contribution in [3.63, 3.8) is 0 Å². The summed E-state index contributed by atoms with van der Waals surface area (Å²) in [4.78, 5) is 0. The predicted octanol–water partition coefficient (Wildman–Crippen LogP) is 4.73. The van der Waals surface area contributed by atoms with Crippen LogP contribution in [-0.4, -0.2) is 0 Å². The van der Waals surface area contributed by atoms with Crippen molar-refractivity contribution in [2.45, 2.75) is 6.18 Å². The van der Waals surface area contributed by atoms with Gasteiger partial charge in [0, 0.05) is 10.7 Å². The van der Waals surface area contributed by atoms with Crippen molar-refractivity contribution < 1.29 is 17.9 Å². The number of rotatable bonds is 2. The maximum Gasteiger partial charge on any atom is 0.420 e. The summed E-state index contributed by atoms with van der Waals surface area (Å²) in [5.41, 5.74) is 5.07. The van der Waals surface area contributed by atoms with Crippen molar-refractivity contribution in [1.82, 2.24) is 0 Å². The normalized spacial score (nSPS) is 11.4. The van der Waals surface area contributed by atoms with Gasteiger partial charge in [-0.05, 0) is 42.5 Å². The topological polar surface area (TPSA) is 35.2 Å². The van der Waals surface area contributed by atoms with E-state index in [4.69, 9.17) is 22.1 Å². The zero-order valence-corrected chi connectivity index (χ0v) is 10.3. The molecule has 2 N–H and O–H groups in total. The molecule has 0 bridgehead atoms. The van der Waals surface area contributed by atoms with E-state index in [1.807, 2.05) is 0 Å². The molecule has 2 rings (SSSR count). The van der Waals surface area contributed by atoms with E-state index < -0.39 is 11.7 Å². The molecule has 0 unspecified atom stereocenters. The van der Waals surface area contributed by atoms with Crippen LogP contribution in [0.1, 0.15) is 5.56 Å². The number of nitrogens with two attached hydrogens (primary N) is 1. The molecule has 0 atom stereocenters. The third-order valence-corrected chi connectivity index (χ3v) is 2.59. The van der Waals surface area contributed by atoms with Gasteiger partial charge < -0.3 is 10.5 Å². The first-order chi connectivity index (χ1) is 8.86. The fraction of sp³-hybridized carbons (Fsp3) is 0.0769. The van der Waals surface area contributed by atoms with Gasteiger partial charge in [-0.1, -0.05) is 11.6 Å². The second-order valence-corrected chi connectivity index (χ2v) is 4.25. The Balaban J connectivity index is 2.37. The van der Waals surface area contributed by atoms with Crippen LogP contribution >= 0.6 is 11.6 Å². The van der Waals surface area contributed by atoms with Crippen LogP contribution in [0.4, 0.5) is 18.9 Å². The molecule has 0 saturated heterocycles. The SMILES string of the molecule is Nc1ccc(Oc2ccc(Cl)cc2C(F)(F)F)cc1. The summed E-state index contributed by atoms with van der Waals surface area (Å²) in [6.07, 6.45) is -4.53. The lowest BCUT2D eigenvalue weighted by atomic mass is 10.2. The molecule has 0 aliphatic heterocycles. The van der Waals surface area contributed by atoms with Crippen LogP contribution in [0.3, 0.4) is 0 Å². The molecule has 6 heteroatoms. The molecule has 0 aliphatic rings. The van der Waals surface area contributed by atoms with Crippen molar-refractivity contribution in [3.05, 3.63) is 53.1 Å². The number of anilines is 1. The largest absolute Gasteiger partial charge is 0.457 e. The molecule has 0 spiro atoms. The molecule has 2 aromatic rings. The molecule has 0 heterocycles. The molecule has 0 aromatic heterocycles. The standard InChI is InChI=1S/C13H9ClF3NO/c14-8-1-6-12(11(7-8)13(15,16)17)19-10-4-2-9(18)3-5-10/h1-7H,18H2. The van der Waals surface area contributed by atoms with Gasteiger partial charge in [0.05, 0.1) is 5.56 Å². The average molecular weight is 288 g/mol. The van der Waals surface area contributed by atoms with E-state index in [0.717, 1.165) is 6.07 Å². The Hall–Kier alpha value is -1.88. The molecule has 0 radical (unpaired) electrons. The Bertz CT molecular complexity index is 581. The van der Waals surface area contributed by atoms with E-state index in [0.29, 0.717) is 5.69 Å². The minimum atomic E-state index is -4.53. The number of halogens is 4.